The van der Waals surface area contributed by atoms with Gasteiger partial charge in [0.15, 0.2) is 0 Å². The van der Waals surface area contributed by atoms with Crippen molar-refractivity contribution >= 4 is 23.9 Å². The Balaban J connectivity index is 3.01. The van der Waals surface area contributed by atoms with Crippen LogP contribution in [0.1, 0.15) is 5.56 Å². The van der Waals surface area contributed by atoms with E-state index in [9.17, 15) is 0 Å². The Morgan fingerprint density at radius 3 is 2.90 bits per heavy atom. The second-order valence-corrected chi connectivity index (χ2v) is 8.18. The van der Waals surface area contributed by atoms with Crippen molar-refractivity contribution < 1.29 is 13.6 Å². The summed E-state index contributed by atoms with van der Waals surface area (Å²) in [5.41, 5.74) is 0.791. The normalized spacial score (nSPS) is 8.00. The Morgan fingerprint density at radius 2 is 2.30 bits per heavy atom. The van der Waals surface area contributed by atoms with Crippen molar-refractivity contribution in [2.75, 3.05) is 0 Å². The molecule has 0 bridgehead atoms. The molecule has 1 aromatic carbocycles. The van der Waals surface area contributed by atoms with Crippen LogP contribution in [0, 0.1) is 11.3 Å². The second kappa shape index (κ2) is 4.05. The SMILES string of the molecule is N#Cc1ccc[c]([Zn][I])c1. The van der Waals surface area contributed by atoms with E-state index in [-0.39, 0.29) is 0 Å². The van der Waals surface area contributed by atoms with Crippen molar-refractivity contribution in [3.63, 3.8) is 0 Å². The van der Waals surface area contributed by atoms with Gasteiger partial charge in [-0.1, -0.05) is 0 Å². The van der Waals surface area contributed by atoms with Crippen molar-refractivity contribution in [3.8, 4) is 6.07 Å². The molecular formula is C7H4INZn. The Labute approximate surface area is 78.2 Å². The van der Waals surface area contributed by atoms with Gasteiger partial charge in [0.1, 0.15) is 0 Å². The maximum absolute atomic E-state index is 8.53. The molecule has 0 unspecified atom stereocenters. The molecule has 0 aromatic heterocycles. The summed E-state index contributed by atoms with van der Waals surface area (Å²) in [5.74, 6) is 0. The van der Waals surface area contributed by atoms with Crippen molar-refractivity contribution in [3.05, 3.63) is 29.8 Å². The third kappa shape index (κ3) is 2.03. The van der Waals surface area contributed by atoms with Gasteiger partial charge in [-0.3, -0.25) is 0 Å². The number of nitrogens with zero attached hydrogens (tertiary/aromatic N) is 1. The summed E-state index contributed by atoms with van der Waals surface area (Å²) in [6.07, 6.45) is 0. The summed E-state index contributed by atoms with van der Waals surface area (Å²) in [5, 5.41) is 8.53. The Morgan fingerprint density at radius 1 is 1.50 bits per heavy atom. The fourth-order valence-electron chi connectivity index (χ4n) is 0.724. The van der Waals surface area contributed by atoms with Crippen molar-refractivity contribution in [1.82, 2.24) is 0 Å². The van der Waals surface area contributed by atoms with Crippen LogP contribution in [0.2, 0.25) is 0 Å². The molecule has 0 aliphatic heterocycles. The van der Waals surface area contributed by atoms with Crippen LogP contribution in [0.25, 0.3) is 0 Å². The predicted octanol–water partition coefficient (Wildman–Crippen LogP) is 1.62. The van der Waals surface area contributed by atoms with Gasteiger partial charge in [0.2, 0.25) is 0 Å². The topological polar surface area (TPSA) is 23.8 Å². The third-order valence-electron chi connectivity index (χ3n) is 1.21. The fourth-order valence-corrected chi connectivity index (χ4v) is 4.29. The molecule has 3 heteroatoms. The van der Waals surface area contributed by atoms with E-state index < -0.39 is 13.6 Å². The first-order chi connectivity index (χ1) is 4.86. The van der Waals surface area contributed by atoms with Gasteiger partial charge in [-0.15, -0.1) is 0 Å². The Bertz CT molecular complexity index is 267. The standard InChI is InChI=1S/C7H4N.HI.Zn/c8-6-7-4-2-1-3-5-7;;/h1-2,4-5H;1H;/q;;+1/p-1. The monoisotopic (exact) mass is 293 g/mol. The minimum atomic E-state index is -0.501. The zero-order valence-corrected chi connectivity index (χ0v) is 10.5. The van der Waals surface area contributed by atoms with Crippen LogP contribution in [0.5, 0.6) is 0 Å². The number of rotatable bonds is 1. The molecule has 0 amide bonds. The molecule has 0 aliphatic rings. The molecule has 46 valence electrons. The molecule has 0 saturated carbocycles. The molecule has 1 nitrogen and oxygen atoms in total. The first-order valence-corrected chi connectivity index (χ1v) is 13.4. The van der Waals surface area contributed by atoms with Gasteiger partial charge >= 0.3 is 78.7 Å². The summed E-state index contributed by atoms with van der Waals surface area (Å²) in [4.78, 5) is 0. The number of halogens is 1. The first kappa shape index (κ1) is 8.16. The molecule has 0 heterocycles. The van der Waals surface area contributed by atoms with E-state index in [1.807, 2.05) is 18.2 Å². The van der Waals surface area contributed by atoms with Crippen LogP contribution in [0.3, 0.4) is 0 Å². The zero-order valence-electron chi connectivity index (χ0n) is 5.34. The molecule has 0 fully saturated rings. The van der Waals surface area contributed by atoms with Crippen LogP contribution in [-0.4, -0.2) is 0 Å². The first-order valence-electron chi connectivity index (χ1n) is 2.92. The van der Waals surface area contributed by atoms with Gasteiger partial charge in [-0.05, 0) is 0 Å². The van der Waals surface area contributed by atoms with Crippen LogP contribution < -0.4 is 4.16 Å². The predicted molar refractivity (Wildman–Crippen MR) is 44.8 cm³/mol. The Kier molecular flexibility index (Phi) is 3.31. The number of hydrogen-bond donors (Lipinski definition) is 0. The van der Waals surface area contributed by atoms with E-state index in [0.717, 1.165) is 5.56 Å². The quantitative estimate of drug-likeness (QED) is 0.570. The van der Waals surface area contributed by atoms with Gasteiger partial charge in [0.25, 0.3) is 0 Å². The average molecular weight is 294 g/mol. The summed E-state index contributed by atoms with van der Waals surface area (Å²) in [7, 11) is 0. The number of nitriles is 1. The molecule has 0 atom stereocenters. The van der Waals surface area contributed by atoms with E-state index in [1.54, 1.807) is 0 Å². The van der Waals surface area contributed by atoms with Crippen LogP contribution in [0.15, 0.2) is 24.3 Å². The van der Waals surface area contributed by atoms with Crippen LogP contribution in [0.4, 0.5) is 0 Å². The van der Waals surface area contributed by atoms with E-state index >= 15 is 0 Å². The third-order valence-corrected chi connectivity index (χ3v) is 7.36. The molecule has 1 aromatic rings. The molecule has 0 N–H and O–H groups in total. The van der Waals surface area contributed by atoms with E-state index in [0.29, 0.717) is 0 Å². The average Bonchev–Trinajstić information content (AvgIpc) is 2.05. The second-order valence-electron chi connectivity index (χ2n) is 1.95. The van der Waals surface area contributed by atoms with Crippen molar-refractivity contribution in [1.29, 1.82) is 5.26 Å². The molecule has 0 saturated heterocycles. The molecule has 0 aliphatic carbocycles. The summed E-state index contributed by atoms with van der Waals surface area (Å²) in [6.45, 7) is 0. The summed E-state index contributed by atoms with van der Waals surface area (Å²) < 4.78 is 1.40. The van der Waals surface area contributed by atoms with Crippen LogP contribution in [-0.2, 0) is 13.6 Å². The molecule has 0 spiro atoms. The van der Waals surface area contributed by atoms with Crippen molar-refractivity contribution in [2.24, 2.45) is 0 Å². The molecule has 1 rings (SSSR count). The van der Waals surface area contributed by atoms with Crippen LogP contribution >= 0.6 is 19.8 Å². The van der Waals surface area contributed by atoms with E-state index in [1.165, 1.54) is 4.16 Å². The fraction of sp³-hybridized carbons (Fsp3) is 0. The van der Waals surface area contributed by atoms with Gasteiger partial charge < -0.3 is 0 Å². The summed E-state index contributed by atoms with van der Waals surface area (Å²) in [6, 6.07) is 10.0. The molecule has 0 radical (unpaired) electrons. The number of benzene rings is 1. The van der Waals surface area contributed by atoms with Gasteiger partial charge in [-0.2, -0.15) is 0 Å². The van der Waals surface area contributed by atoms with Gasteiger partial charge in [0.05, 0.1) is 0 Å². The maximum atomic E-state index is 8.53. The Hall–Kier alpha value is 0.0634. The minimum absolute atomic E-state index is 0.501. The molecular weight excluding hydrogens is 290 g/mol. The molecule has 10 heavy (non-hydrogen) atoms. The van der Waals surface area contributed by atoms with E-state index in [4.69, 9.17) is 5.26 Å². The van der Waals surface area contributed by atoms with Gasteiger partial charge in [-0.25, -0.2) is 0 Å². The zero-order chi connectivity index (χ0) is 7.40. The van der Waals surface area contributed by atoms with Gasteiger partial charge in [0, 0.05) is 0 Å². The number of hydrogen-bond acceptors (Lipinski definition) is 1. The van der Waals surface area contributed by atoms with E-state index in [2.05, 4.69) is 31.9 Å². The van der Waals surface area contributed by atoms with Crippen molar-refractivity contribution in [2.45, 2.75) is 0 Å². The summed E-state index contributed by atoms with van der Waals surface area (Å²) >= 11 is 1.96.